The van der Waals surface area contributed by atoms with Gasteiger partial charge in [-0.15, -0.1) is 0 Å². The quantitative estimate of drug-likeness (QED) is 0.0227. The third kappa shape index (κ3) is 34.4. The Morgan fingerprint density at radius 2 is 0.875 bits per heavy atom. The highest BCUT2D eigenvalue weighted by Crippen LogP contribution is 2.11. The number of hydrogen-bond donors (Lipinski definition) is 0. The van der Waals surface area contributed by atoms with Crippen LogP contribution in [0.5, 0.6) is 0 Å². The lowest BCUT2D eigenvalue weighted by Gasteiger charge is -2.18. The second-order valence-electron chi connectivity index (χ2n) is 12.5. The first-order valence-electron chi connectivity index (χ1n) is 19.3. The van der Waals surface area contributed by atoms with Gasteiger partial charge in [0.05, 0.1) is 0 Å². The highest BCUT2D eigenvalue weighted by molar-refractivity contribution is 5.71. The van der Waals surface area contributed by atoms with Gasteiger partial charge in [-0.05, 0) is 83.5 Å². The first kappa shape index (κ1) is 45.1. The Morgan fingerprint density at radius 3 is 1.46 bits per heavy atom. The van der Waals surface area contributed by atoms with Gasteiger partial charge in [-0.25, -0.2) is 0 Å². The van der Waals surface area contributed by atoms with Crippen LogP contribution in [0.15, 0.2) is 60.8 Å². The molecular formula is C42H70O6. The maximum absolute atomic E-state index is 12.6. The van der Waals surface area contributed by atoms with Crippen molar-refractivity contribution in [1.29, 1.82) is 0 Å². The van der Waals surface area contributed by atoms with Crippen LogP contribution in [0.3, 0.4) is 0 Å². The maximum atomic E-state index is 12.6. The molecule has 0 radical (unpaired) electrons. The minimum atomic E-state index is -0.798. The van der Waals surface area contributed by atoms with E-state index in [1.165, 1.54) is 25.7 Å². The van der Waals surface area contributed by atoms with Gasteiger partial charge in [0.1, 0.15) is 13.2 Å². The van der Waals surface area contributed by atoms with Crippen LogP contribution >= 0.6 is 0 Å². The van der Waals surface area contributed by atoms with Crippen LogP contribution in [0.1, 0.15) is 168 Å². The summed E-state index contributed by atoms with van der Waals surface area (Å²) in [6.45, 7) is 6.30. The van der Waals surface area contributed by atoms with Gasteiger partial charge < -0.3 is 14.2 Å². The summed E-state index contributed by atoms with van der Waals surface area (Å²) < 4.78 is 16.5. The van der Waals surface area contributed by atoms with E-state index in [-0.39, 0.29) is 31.1 Å². The molecule has 0 bridgehead atoms. The van der Waals surface area contributed by atoms with Crippen LogP contribution in [0, 0.1) is 0 Å². The van der Waals surface area contributed by atoms with Crippen molar-refractivity contribution in [3.63, 3.8) is 0 Å². The van der Waals surface area contributed by atoms with E-state index in [1.54, 1.807) is 0 Å². The van der Waals surface area contributed by atoms with Crippen LogP contribution in [-0.2, 0) is 28.6 Å². The Bertz CT molecular complexity index is 913. The summed E-state index contributed by atoms with van der Waals surface area (Å²) in [7, 11) is 0. The lowest BCUT2D eigenvalue weighted by atomic mass is 10.1. The van der Waals surface area contributed by atoms with E-state index in [9.17, 15) is 14.4 Å². The highest BCUT2D eigenvalue weighted by atomic mass is 16.6. The number of rotatable bonds is 33. The molecule has 6 heteroatoms. The van der Waals surface area contributed by atoms with Crippen molar-refractivity contribution in [2.45, 2.75) is 175 Å². The van der Waals surface area contributed by atoms with Crippen LogP contribution in [0.25, 0.3) is 0 Å². The first-order valence-corrected chi connectivity index (χ1v) is 19.3. The van der Waals surface area contributed by atoms with Crippen LogP contribution < -0.4 is 0 Å². The SMILES string of the molecule is CC/C=C\C/C=C\CCCCC(=O)OCC(COC(=O)CCCCC/C=C\C=C/CCCC)OC(=O)CCCCCC/C=C\CCCC. The van der Waals surface area contributed by atoms with E-state index < -0.39 is 6.10 Å². The number of unbranched alkanes of at least 4 members (excludes halogenated alkanes) is 13. The molecule has 48 heavy (non-hydrogen) atoms. The minimum Gasteiger partial charge on any atom is -0.462 e. The molecule has 1 unspecified atom stereocenters. The van der Waals surface area contributed by atoms with Gasteiger partial charge in [0.25, 0.3) is 0 Å². The van der Waals surface area contributed by atoms with E-state index in [0.29, 0.717) is 19.3 Å². The Balaban J connectivity index is 4.49. The Labute approximate surface area is 294 Å². The molecule has 0 aliphatic carbocycles. The van der Waals surface area contributed by atoms with Crippen LogP contribution in [0.4, 0.5) is 0 Å². The van der Waals surface area contributed by atoms with Crippen molar-refractivity contribution < 1.29 is 28.6 Å². The molecule has 274 valence electrons. The Morgan fingerprint density at radius 1 is 0.458 bits per heavy atom. The number of esters is 3. The number of ether oxygens (including phenoxy) is 3. The molecule has 0 saturated carbocycles. The Hall–Kier alpha value is -2.89. The molecule has 0 N–H and O–H groups in total. The maximum Gasteiger partial charge on any atom is 0.306 e. The predicted octanol–water partition coefficient (Wildman–Crippen LogP) is 11.8. The summed E-state index contributed by atoms with van der Waals surface area (Å²) in [5, 5.41) is 0. The third-order valence-electron chi connectivity index (χ3n) is 7.75. The number of allylic oxidation sites excluding steroid dienone is 10. The summed E-state index contributed by atoms with van der Waals surface area (Å²) >= 11 is 0. The van der Waals surface area contributed by atoms with E-state index in [4.69, 9.17) is 14.2 Å². The van der Waals surface area contributed by atoms with Gasteiger partial charge in [0.2, 0.25) is 0 Å². The molecule has 0 rings (SSSR count). The van der Waals surface area contributed by atoms with E-state index in [0.717, 1.165) is 103 Å². The lowest BCUT2D eigenvalue weighted by molar-refractivity contribution is -0.167. The van der Waals surface area contributed by atoms with Gasteiger partial charge >= 0.3 is 17.9 Å². The molecule has 6 nitrogen and oxygen atoms in total. The van der Waals surface area contributed by atoms with Crippen molar-refractivity contribution in [2.75, 3.05) is 13.2 Å². The summed E-state index contributed by atoms with van der Waals surface area (Å²) in [5.74, 6) is -0.995. The summed E-state index contributed by atoms with van der Waals surface area (Å²) in [4.78, 5) is 37.3. The smallest absolute Gasteiger partial charge is 0.306 e. The number of hydrogen-bond acceptors (Lipinski definition) is 6. The average Bonchev–Trinajstić information content (AvgIpc) is 3.08. The Kier molecular flexibility index (Phi) is 34.7. The average molecular weight is 671 g/mol. The molecule has 0 aromatic carbocycles. The van der Waals surface area contributed by atoms with E-state index in [1.807, 2.05) is 0 Å². The van der Waals surface area contributed by atoms with Crippen molar-refractivity contribution in [3.05, 3.63) is 60.8 Å². The molecule has 0 fully saturated rings. The fourth-order valence-electron chi connectivity index (χ4n) is 4.79. The van der Waals surface area contributed by atoms with Gasteiger partial charge in [-0.1, -0.05) is 126 Å². The van der Waals surface area contributed by atoms with Gasteiger partial charge in [-0.2, -0.15) is 0 Å². The van der Waals surface area contributed by atoms with Gasteiger partial charge in [0, 0.05) is 19.3 Å². The normalized spacial score (nSPS) is 12.6. The van der Waals surface area contributed by atoms with Gasteiger partial charge in [0.15, 0.2) is 6.10 Å². The van der Waals surface area contributed by atoms with Crippen LogP contribution in [-0.4, -0.2) is 37.2 Å². The summed E-state index contributed by atoms with van der Waals surface area (Å²) in [6.07, 6.45) is 42.2. The van der Waals surface area contributed by atoms with Crippen molar-refractivity contribution in [3.8, 4) is 0 Å². The van der Waals surface area contributed by atoms with E-state index >= 15 is 0 Å². The second-order valence-corrected chi connectivity index (χ2v) is 12.5. The predicted molar refractivity (Wildman–Crippen MR) is 201 cm³/mol. The largest absolute Gasteiger partial charge is 0.462 e. The van der Waals surface area contributed by atoms with Crippen LogP contribution in [0.2, 0.25) is 0 Å². The van der Waals surface area contributed by atoms with Crippen molar-refractivity contribution in [1.82, 2.24) is 0 Å². The molecule has 0 aliphatic heterocycles. The summed E-state index contributed by atoms with van der Waals surface area (Å²) in [5.41, 5.74) is 0. The molecule has 0 aromatic rings. The van der Waals surface area contributed by atoms with Crippen molar-refractivity contribution >= 4 is 17.9 Å². The molecule has 0 saturated heterocycles. The standard InChI is InChI=1S/C42H70O6/c1-4-7-10-13-16-19-21-24-26-29-32-35-41(44)47-38-39(37-46-40(43)34-31-28-25-22-18-15-12-9-6-3)48-42(45)36-33-30-27-23-20-17-14-11-8-5-2/h9,12-14,16-19,21-22,39H,4-8,10-11,15,20,23-38H2,1-3H3/b12-9-,16-13-,17-14-,21-19-,22-18-. The molecule has 0 aliphatic rings. The lowest BCUT2D eigenvalue weighted by Crippen LogP contribution is -2.30. The zero-order valence-electron chi connectivity index (χ0n) is 31.0. The molecule has 0 spiro atoms. The van der Waals surface area contributed by atoms with Crippen molar-refractivity contribution in [2.24, 2.45) is 0 Å². The second kappa shape index (κ2) is 36.9. The molecule has 0 heterocycles. The minimum absolute atomic E-state index is 0.105. The highest BCUT2D eigenvalue weighted by Gasteiger charge is 2.19. The number of carbonyl (C=O) groups excluding carboxylic acids is 3. The topological polar surface area (TPSA) is 78.9 Å². The monoisotopic (exact) mass is 671 g/mol. The first-order chi connectivity index (χ1) is 23.5. The third-order valence-corrected chi connectivity index (χ3v) is 7.75. The number of carbonyl (C=O) groups is 3. The molecule has 1 atom stereocenters. The molecular weight excluding hydrogens is 600 g/mol. The van der Waals surface area contributed by atoms with E-state index in [2.05, 4.69) is 81.5 Å². The molecule has 0 amide bonds. The molecule has 0 aromatic heterocycles. The summed E-state index contributed by atoms with van der Waals surface area (Å²) in [6, 6.07) is 0. The zero-order valence-corrected chi connectivity index (χ0v) is 31.0. The fourth-order valence-corrected chi connectivity index (χ4v) is 4.79. The fraction of sp³-hybridized carbons (Fsp3) is 0.690. The van der Waals surface area contributed by atoms with Gasteiger partial charge in [-0.3, -0.25) is 14.4 Å². The zero-order chi connectivity index (χ0) is 35.2.